The van der Waals surface area contributed by atoms with Gasteiger partial charge in [0.25, 0.3) is 5.89 Å². The molecule has 0 unspecified atom stereocenters. The molecule has 0 spiro atoms. The lowest BCUT2D eigenvalue weighted by Crippen LogP contribution is -2.37. The summed E-state index contributed by atoms with van der Waals surface area (Å²) < 4.78 is 39.2. The van der Waals surface area contributed by atoms with Crippen molar-refractivity contribution in [1.82, 2.24) is 10.1 Å². The van der Waals surface area contributed by atoms with Crippen molar-refractivity contribution in [3.63, 3.8) is 0 Å². The zero-order valence-electron chi connectivity index (χ0n) is 16.5. The fourth-order valence-electron chi connectivity index (χ4n) is 2.76. The Hall–Kier alpha value is -2.50. The lowest BCUT2D eigenvalue weighted by Gasteiger charge is -2.30. The summed E-state index contributed by atoms with van der Waals surface area (Å²) in [6.45, 7) is 7.69. The van der Waals surface area contributed by atoms with Gasteiger partial charge in [-0.3, -0.25) is 0 Å². The van der Waals surface area contributed by atoms with Crippen LogP contribution < -0.4 is 10.0 Å². The fourth-order valence-corrected chi connectivity index (χ4v) is 3.30. The van der Waals surface area contributed by atoms with Gasteiger partial charge >= 0.3 is 5.97 Å². The number of sulfonamides is 1. The average Bonchev–Trinajstić information content (AvgIpc) is 3.15. The molecule has 0 aliphatic carbocycles. The Labute approximate surface area is 169 Å². The van der Waals surface area contributed by atoms with E-state index in [1.54, 1.807) is 6.07 Å². The normalized spacial score (nSPS) is 15.4. The van der Waals surface area contributed by atoms with Crippen molar-refractivity contribution in [1.29, 1.82) is 0 Å². The largest absolute Gasteiger partial charge is 0.452 e. The van der Waals surface area contributed by atoms with Gasteiger partial charge in [0, 0.05) is 18.5 Å². The van der Waals surface area contributed by atoms with E-state index in [9.17, 15) is 13.2 Å². The van der Waals surface area contributed by atoms with Gasteiger partial charge in [0.2, 0.25) is 10.0 Å². The van der Waals surface area contributed by atoms with Gasteiger partial charge in [0.15, 0.2) is 12.4 Å². The molecule has 2 aromatic rings. The second-order valence-electron chi connectivity index (χ2n) is 7.66. The summed E-state index contributed by atoms with van der Waals surface area (Å²) in [5.41, 5.74) is 0.333. The van der Waals surface area contributed by atoms with E-state index in [0.717, 1.165) is 0 Å². The highest BCUT2D eigenvalue weighted by Crippen LogP contribution is 2.26. The van der Waals surface area contributed by atoms with E-state index in [4.69, 9.17) is 19.1 Å². The van der Waals surface area contributed by atoms with E-state index < -0.39 is 16.0 Å². The van der Waals surface area contributed by atoms with Gasteiger partial charge in [-0.2, -0.15) is 4.98 Å². The minimum absolute atomic E-state index is 0.0917. The minimum atomic E-state index is -3.98. The fraction of sp³-hybridized carbons (Fsp3) is 0.500. The number of carbonyl (C=O) groups excluding carboxylic acids is 1. The molecule has 1 aliphatic rings. The van der Waals surface area contributed by atoms with Crippen molar-refractivity contribution < 1.29 is 27.2 Å². The van der Waals surface area contributed by atoms with Gasteiger partial charge in [-0.05, 0) is 18.2 Å². The number of nitrogens with two attached hydrogens (primary N) is 1. The highest BCUT2D eigenvalue weighted by atomic mass is 32.2. The van der Waals surface area contributed by atoms with Crippen LogP contribution in [-0.4, -0.2) is 50.8 Å². The SMILES string of the molecule is CC(C)(C)c1noc(COC(=O)c2cc(S(N)(=O)=O)ccc2N2CCOCC2)n1. The Morgan fingerprint density at radius 2 is 1.97 bits per heavy atom. The molecule has 2 heterocycles. The van der Waals surface area contributed by atoms with Crippen LogP contribution in [0.2, 0.25) is 0 Å². The first-order valence-corrected chi connectivity index (χ1v) is 10.6. The van der Waals surface area contributed by atoms with Crippen LogP contribution in [0.4, 0.5) is 5.69 Å². The highest BCUT2D eigenvalue weighted by molar-refractivity contribution is 7.89. The Kier molecular flexibility index (Phi) is 5.92. The molecule has 0 atom stereocenters. The molecule has 2 N–H and O–H groups in total. The maximum absolute atomic E-state index is 12.8. The van der Waals surface area contributed by atoms with Crippen molar-refractivity contribution in [3.05, 3.63) is 35.5 Å². The van der Waals surface area contributed by atoms with E-state index in [1.807, 2.05) is 25.7 Å². The number of esters is 1. The van der Waals surface area contributed by atoms with Crippen LogP contribution in [0.25, 0.3) is 0 Å². The van der Waals surface area contributed by atoms with Crippen LogP contribution in [0, 0.1) is 0 Å². The van der Waals surface area contributed by atoms with E-state index in [1.165, 1.54) is 12.1 Å². The zero-order valence-corrected chi connectivity index (χ0v) is 17.4. The molecule has 0 saturated carbocycles. The predicted molar refractivity (Wildman–Crippen MR) is 103 cm³/mol. The lowest BCUT2D eigenvalue weighted by atomic mass is 9.96. The van der Waals surface area contributed by atoms with Gasteiger partial charge in [-0.1, -0.05) is 25.9 Å². The smallest absolute Gasteiger partial charge is 0.340 e. The molecule has 1 fully saturated rings. The summed E-state index contributed by atoms with van der Waals surface area (Å²) in [5, 5.41) is 9.10. The zero-order chi connectivity index (χ0) is 21.2. The van der Waals surface area contributed by atoms with Gasteiger partial charge in [0.1, 0.15) is 0 Å². The molecule has 1 aromatic carbocycles. The number of morpholine rings is 1. The number of hydrogen-bond acceptors (Lipinski definition) is 9. The molecular weight excluding hydrogens is 400 g/mol. The van der Waals surface area contributed by atoms with Crippen molar-refractivity contribution in [2.45, 2.75) is 37.7 Å². The maximum atomic E-state index is 12.8. The van der Waals surface area contributed by atoms with Crippen LogP contribution in [0.5, 0.6) is 0 Å². The van der Waals surface area contributed by atoms with E-state index in [0.29, 0.717) is 37.8 Å². The summed E-state index contributed by atoms with van der Waals surface area (Å²) in [4.78, 5) is 18.7. The molecule has 1 saturated heterocycles. The Bertz CT molecular complexity index is 990. The minimum Gasteiger partial charge on any atom is -0.452 e. The van der Waals surface area contributed by atoms with E-state index in [2.05, 4.69) is 10.1 Å². The Balaban J connectivity index is 1.84. The topological polar surface area (TPSA) is 138 Å². The second-order valence-corrected chi connectivity index (χ2v) is 9.22. The van der Waals surface area contributed by atoms with Crippen LogP contribution in [0.1, 0.15) is 42.8 Å². The number of ether oxygens (including phenoxy) is 2. The molecule has 0 radical (unpaired) electrons. The number of benzene rings is 1. The van der Waals surface area contributed by atoms with Crippen LogP contribution in [-0.2, 0) is 31.5 Å². The number of primary sulfonamides is 1. The molecule has 1 aliphatic heterocycles. The summed E-state index contributed by atoms with van der Waals surface area (Å²) in [5.74, 6) is -0.0694. The molecule has 11 heteroatoms. The number of nitrogens with zero attached hydrogens (tertiary/aromatic N) is 3. The molecule has 29 heavy (non-hydrogen) atoms. The van der Waals surface area contributed by atoms with Gasteiger partial charge < -0.3 is 18.9 Å². The monoisotopic (exact) mass is 424 g/mol. The third-order valence-electron chi connectivity index (χ3n) is 4.33. The maximum Gasteiger partial charge on any atom is 0.340 e. The number of rotatable bonds is 5. The van der Waals surface area contributed by atoms with Crippen LogP contribution >= 0.6 is 0 Å². The summed E-state index contributed by atoms with van der Waals surface area (Å²) in [7, 11) is -3.98. The number of anilines is 1. The average molecular weight is 424 g/mol. The number of hydrogen-bond donors (Lipinski definition) is 1. The Morgan fingerprint density at radius 1 is 1.28 bits per heavy atom. The van der Waals surface area contributed by atoms with Crippen molar-refractivity contribution in [2.75, 3.05) is 31.2 Å². The standard InChI is InChI=1S/C18H24N4O6S/c1-18(2,3)17-20-15(28-21-17)11-27-16(23)13-10-12(29(19,24)25)4-5-14(13)22-6-8-26-9-7-22/h4-5,10H,6-9,11H2,1-3H3,(H2,19,24,25). The number of aromatic nitrogens is 2. The summed E-state index contributed by atoms with van der Waals surface area (Å²) in [6, 6.07) is 4.13. The third kappa shape index (κ3) is 5.11. The molecule has 158 valence electrons. The van der Waals surface area contributed by atoms with Crippen molar-refractivity contribution >= 4 is 21.7 Å². The molecule has 3 rings (SSSR count). The van der Waals surface area contributed by atoms with Crippen molar-refractivity contribution in [2.24, 2.45) is 5.14 Å². The van der Waals surface area contributed by atoms with E-state index >= 15 is 0 Å². The highest BCUT2D eigenvalue weighted by Gasteiger charge is 2.24. The quantitative estimate of drug-likeness (QED) is 0.702. The Morgan fingerprint density at radius 3 is 2.55 bits per heavy atom. The molecule has 0 bridgehead atoms. The molecule has 1 aromatic heterocycles. The van der Waals surface area contributed by atoms with Crippen LogP contribution in [0.3, 0.4) is 0 Å². The van der Waals surface area contributed by atoms with Gasteiger partial charge in [0.05, 0.1) is 29.4 Å². The number of carbonyl (C=O) groups is 1. The van der Waals surface area contributed by atoms with Gasteiger partial charge in [-0.15, -0.1) is 0 Å². The molecule has 10 nitrogen and oxygen atoms in total. The summed E-state index contributed by atoms with van der Waals surface area (Å²) in [6.07, 6.45) is 0. The summed E-state index contributed by atoms with van der Waals surface area (Å²) >= 11 is 0. The first kappa shape index (κ1) is 21.2. The lowest BCUT2D eigenvalue weighted by molar-refractivity contribution is 0.0429. The third-order valence-corrected chi connectivity index (χ3v) is 5.24. The van der Waals surface area contributed by atoms with Gasteiger partial charge in [-0.25, -0.2) is 18.4 Å². The molecular formula is C18H24N4O6S. The first-order chi connectivity index (χ1) is 13.6. The first-order valence-electron chi connectivity index (χ1n) is 9.05. The predicted octanol–water partition coefficient (Wildman–Crippen LogP) is 1.21. The van der Waals surface area contributed by atoms with Crippen LogP contribution in [0.15, 0.2) is 27.6 Å². The molecule has 0 amide bonds. The second kappa shape index (κ2) is 8.09. The van der Waals surface area contributed by atoms with E-state index in [-0.39, 0.29) is 28.4 Å². The van der Waals surface area contributed by atoms with Crippen molar-refractivity contribution in [3.8, 4) is 0 Å².